The van der Waals surface area contributed by atoms with E-state index in [0.29, 0.717) is 22.5 Å². The highest BCUT2D eigenvalue weighted by Gasteiger charge is 2.27. The van der Waals surface area contributed by atoms with Crippen molar-refractivity contribution in [2.24, 2.45) is 5.92 Å². The molecule has 1 amide bonds. The maximum atomic E-state index is 12.6. The summed E-state index contributed by atoms with van der Waals surface area (Å²) in [4.78, 5) is 14.3. The molecule has 1 saturated carbocycles. The van der Waals surface area contributed by atoms with Crippen LogP contribution in [-0.4, -0.2) is 32.3 Å². The number of halogens is 2. The first-order valence-electron chi connectivity index (χ1n) is 6.86. The van der Waals surface area contributed by atoms with Crippen molar-refractivity contribution in [3.63, 3.8) is 0 Å². The lowest BCUT2D eigenvalue weighted by molar-refractivity contribution is 0.0747. The number of amides is 1. The third-order valence-corrected chi connectivity index (χ3v) is 5.71. The van der Waals surface area contributed by atoms with Crippen molar-refractivity contribution in [2.45, 2.75) is 31.1 Å². The van der Waals surface area contributed by atoms with E-state index in [1.807, 2.05) is 6.92 Å². The molecule has 0 aromatic heterocycles. The Balaban J connectivity index is 2.28. The van der Waals surface area contributed by atoms with Gasteiger partial charge in [-0.1, -0.05) is 6.92 Å². The Labute approximate surface area is 138 Å². The molecule has 1 aliphatic carbocycles. The zero-order valence-corrected chi connectivity index (χ0v) is 14.8. The quantitative estimate of drug-likeness (QED) is 0.692. The summed E-state index contributed by atoms with van der Waals surface area (Å²) < 4.78 is 23.4. The zero-order valence-electron chi connectivity index (χ0n) is 11.7. The van der Waals surface area contributed by atoms with Crippen LogP contribution in [0.5, 0.6) is 0 Å². The standard InChI is InChI=1S/C14H17BrClNO3S/c1-2-7-17(9-10-3-4-10)14(18)11-5-6-12(15)13(8-11)21(16,19)20/h5-6,8,10H,2-4,7,9H2,1H3. The lowest BCUT2D eigenvalue weighted by Gasteiger charge is -2.22. The maximum absolute atomic E-state index is 12.6. The van der Waals surface area contributed by atoms with Gasteiger partial charge in [-0.2, -0.15) is 0 Å². The molecule has 116 valence electrons. The molecule has 1 aromatic carbocycles. The van der Waals surface area contributed by atoms with Gasteiger partial charge in [-0.25, -0.2) is 8.42 Å². The first-order valence-corrected chi connectivity index (χ1v) is 9.96. The van der Waals surface area contributed by atoms with Crippen LogP contribution >= 0.6 is 26.6 Å². The van der Waals surface area contributed by atoms with Gasteiger partial charge in [0.2, 0.25) is 0 Å². The molecule has 0 atom stereocenters. The molecule has 0 heterocycles. The minimum absolute atomic E-state index is 0.0714. The van der Waals surface area contributed by atoms with E-state index in [1.165, 1.54) is 6.07 Å². The van der Waals surface area contributed by atoms with Crippen LogP contribution in [0, 0.1) is 5.92 Å². The largest absolute Gasteiger partial charge is 0.338 e. The molecule has 4 nitrogen and oxygen atoms in total. The number of benzene rings is 1. The summed E-state index contributed by atoms with van der Waals surface area (Å²) in [6.45, 7) is 3.43. The minimum atomic E-state index is -3.88. The van der Waals surface area contributed by atoms with Crippen molar-refractivity contribution in [3.05, 3.63) is 28.2 Å². The molecule has 0 bridgehead atoms. The van der Waals surface area contributed by atoms with Crippen molar-refractivity contribution < 1.29 is 13.2 Å². The van der Waals surface area contributed by atoms with Gasteiger partial charge in [0, 0.05) is 33.8 Å². The van der Waals surface area contributed by atoms with Gasteiger partial charge in [-0.05, 0) is 59.3 Å². The molecule has 1 aromatic rings. The smallest absolute Gasteiger partial charge is 0.262 e. The van der Waals surface area contributed by atoms with Gasteiger partial charge < -0.3 is 4.90 Å². The summed E-state index contributed by atoms with van der Waals surface area (Å²) in [5.41, 5.74) is 0.353. The number of nitrogens with zero attached hydrogens (tertiary/aromatic N) is 1. The Bertz CT molecular complexity index is 644. The van der Waals surface area contributed by atoms with Crippen LogP contribution in [0.2, 0.25) is 0 Å². The van der Waals surface area contributed by atoms with E-state index < -0.39 is 9.05 Å². The number of rotatable bonds is 6. The highest BCUT2D eigenvalue weighted by molar-refractivity contribution is 9.10. The predicted octanol–water partition coefficient (Wildman–Crippen LogP) is 3.64. The molecule has 0 radical (unpaired) electrons. The minimum Gasteiger partial charge on any atom is -0.338 e. The van der Waals surface area contributed by atoms with E-state index in [1.54, 1.807) is 17.0 Å². The Morgan fingerprint density at radius 1 is 1.43 bits per heavy atom. The zero-order chi connectivity index (χ0) is 15.6. The van der Waals surface area contributed by atoms with Crippen molar-refractivity contribution in [2.75, 3.05) is 13.1 Å². The fourth-order valence-corrected chi connectivity index (χ4v) is 4.28. The van der Waals surface area contributed by atoms with Crippen molar-refractivity contribution in [1.29, 1.82) is 0 Å². The molecule has 0 saturated heterocycles. The molecule has 0 N–H and O–H groups in total. The first kappa shape index (κ1) is 16.8. The highest BCUT2D eigenvalue weighted by Crippen LogP contribution is 2.31. The van der Waals surface area contributed by atoms with Crippen LogP contribution in [0.1, 0.15) is 36.5 Å². The monoisotopic (exact) mass is 393 g/mol. The average Bonchev–Trinajstić information content (AvgIpc) is 3.20. The molecular formula is C14H17BrClNO3S. The predicted molar refractivity (Wildman–Crippen MR) is 86.1 cm³/mol. The first-order chi connectivity index (χ1) is 9.82. The molecule has 2 rings (SSSR count). The Morgan fingerprint density at radius 2 is 2.10 bits per heavy atom. The molecule has 0 spiro atoms. The van der Waals surface area contributed by atoms with Gasteiger partial charge in [0.15, 0.2) is 0 Å². The third-order valence-electron chi connectivity index (χ3n) is 3.40. The number of hydrogen-bond donors (Lipinski definition) is 0. The average molecular weight is 395 g/mol. The summed E-state index contributed by atoms with van der Waals surface area (Å²) in [7, 11) is 1.51. The van der Waals surface area contributed by atoms with Crippen molar-refractivity contribution in [3.8, 4) is 0 Å². The molecule has 1 fully saturated rings. The summed E-state index contributed by atoms with van der Waals surface area (Å²) >= 11 is 3.14. The molecule has 0 aliphatic heterocycles. The van der Waals surface area contributed by atoms with E-state index in [4.69, 9.17) is 10.7 Å². The van der Waals surface area contributed by atoms with Crippen molar-refractivity contribution >= 4 is 41.6 Å². The second-order valence-electron chi connectivity index (χ2n) is 5.28. The molecule has 21 heavy (non-hydrogen) atoms. The van der Waals surface area contributed by atoms with E-state index >= 15 is 0 Å². The van der Waals surface area contributed by atoms with E-state index in [9.17, 15) is 13.2 Å². The van der Waals surface area contributed by atoms with Crippen LogP contribution < -0.4 is 0 Å². The van der Waals surface area contributed by atoms with E-state index in [2.05, 4.69) is 15.9 Å². The molecular weight excluding hydrogens is 378 g/mol. The van der Waals surface area contributed by atoms with Crippen LogP contribution in [-0.2, 0) is 9.05 Å². The Morgan fingerprint density at radius 3 is 2.62 bits per heavy atom. The van der Waals surface area contributed by atoms with Gasteiger partial charge in [0.25, 0.3) is 15.0 Å². The van der Waals surface area contributed by atoms with E-state index in [0.717, 1.165) is 25.8 Å². The summed E-state index contributed by atoms with van der Waals surface area (Å²) in [5.74, 6) is 0.449. The number of carbonyl (C=O) groups excluding carboxylic acids is 1. The van der Waals surface area contributed by atoms with Gasteiger partial charge in [0.1, 0.15) is 0 Å². The van der Waals surface area contributed by atoms with Crippen LogP contribution in [0.3, 0.4) is 0 Å². The van der Waals surface area contributed by atoms with Crippen LogP contribution in [0.25, 0.3) is 0 Å². The topological polar surface area (TPSA) is 54.5 Å². The Hall–Kier alpha value is -0.590. The molecule has 0 unspecified atom stereocenters. The summed E-state index contributed by atoms with van der Waals surface area (Å²) in [5, 5.41) is 0. The Kier molecular flexibility index (Phi) is 5.33. The van der Waals surface area contributed by atoms with Gasteiger partial charge in [-0.3, -0.25) is 4.79 Å². The number of hydrogen-bond acceptors (Lipinski definition) is 3. The van der Waals surface area contributed by atoms with Gasteiger partial charge in [0.05, 0.1) is 4.90 Å². The lowest BCUT2D eigenvalue weighted by atomic mass is 10.2. The van der Waals surface area contributed by atoms with E-state index in [-0.39, 0.29) is 10.8 Å². The van der Waals surface area contributed by atoms with Gasteiger partial charge >= 0.3 is 0 Å². The third kappa shape index (κ3) is 4.44. The van der Waals surface area contributed by atoms with Crippen LogP contribution in [0.4, 0.5) is 0 Å². The SMILES string of the molecule is CCCN(CC1CC1)C(=O)c1ccc(Br)c(S(=O)(=O)Cl)c1. The molecule has 1 aliphatic rings. The van der Waals surface area contributed by atoms with Crippen molar-refractivity contribution in [1.82, 2.24) is 4.90 Å². The van der Waals surface area contributed by atoms with Gasteiger partial charge in [-0.15, -0.1) is 0 Å². The highest BCUT2D eigenvalue weighted by atomic mass is 79.9. The number of carbonyl (C=O) groups is 1. The maximum Gasteiger partial charge on any atom is 0.262 e. The van der Waals surface area contributed by atoms with Crippen LogP contribution in [0.15, 0.2) is 27.6 Å². The second-order valence-corrected chi connectivity index (χ2v) is 8.67. The summed E-state index contributed by atoms with van der Waals surface area (Å²) in [6, 6.07) is 4.50. The normalized spacial score (nSPS) is 15.0. The lowest BCUT2D eigenvalue weighted by Crippen LogP contribution is -2.33. The summed E-state index contributed by atoms with van der Waals surface area (Å²) in [6.07, 6.45) is 3.19. The molecule has 7 heteroatoms. The fourth-order valence-electron chi connectivity index (χ4n) is 2.16. The second kappa shape index (κ2) is 6.67. The fraction of sp³-hybridized carbons (Fsp3) is 0.500.